The third-order valence-electron chi connectivity index (χ3n) is 9.77. The van der Waals surface area contributed by atoms with Crippen LogP contribution in [-0.4, -0.2) is 76.1 Å². The van der Waals surface area contributed by atoms with Gasteiger partial charge in [-0.1, -0.05) is 61.0 Å². The van der Waals surface area contributed by atoms with Crippen LogP contribution in [0.25, 0.3) is 0 Å². The van der Waals surface area contributed by atoms with E-state index in [0.717, 1.165) is 5.56 Å². The number of carbonyl (C=O) groups excluding carboxylic acids is 2. The molecule has 2 fully saturated rings. The van der Waals surface area contributed by atoms with Crippen molar-refractivity contribution in [1.29, 1.82) is 0 Å². The summed E-state index contributed by atoms with van der Waals surface area (Å²) in [7, 11) is -2.57. The van der Waals surface area contributed by atoms with Crippen molar-refractivity contribution in [1.82, 2.24) is 14.9 Å². The zero-order chi connectivity index (χ0) is 35.0. The maximum atomic E-state index is 15.6. The molecule has 3 aromatic carbocycles. The first-order chi connectivity index (χ1) is 23.6. The normalized spacial score (nSPS) is 20.3. The second-order valence-electron chi connectivity index (χ2n) is 12.7. The monoisotopic (exact) mass is 713 g/mol. The number of nitrogens with zero attached hydrogens (tertiary/aromatic N) is 1. The van der Waals surface area contributed by atoms with Gasteiger partial charge in [0, 0.05) is 55.7 Å². The van der Waals surface area contributed by atoms with Gasteiger partial charge >= 0.3 is 6.09 Å². The number of alkyl carbamates (subject to hydrolysis) is 1. The van der Waals surface area contributed by atoms with Gasteiger partial charge in [0.15, 0.2) is 5.78 Å². The Morgan fingerprint density at radius 1 is 1.02 bits per heavy atom. The zero-order valence-corrected chi connectivity index (χ0v) is 29.5. The number of piperazine rings is 1. The minimum absolute atomic E-state index is 0.0240. The van der Waals surface area contributed by atoms with Gasteiger partial charge in [-0.25, -0.2) is 17.6 Å². The molecular formula is C37H45ClFN3O6S. The fraction of sp³-hybridized carbons (Fsp3) is 0.459. The molecule has 0 radical (unpaired) electrons. The average molecular weight is 714 g/mol. The van der Waals surface area contributed by atoms with Crippen molar-refractivity contribution >= 4 is 33.5 Å². The quantitative estimate of drug-likeness (QED) is 0.227. The summed E-state index contributed by atoms with van der Waals surface area (Å²) in [6, 6.07) is 18.6. The highest BCUT2D eigenvalue weighted by molar-refractivity contribution is 7.89. The van der Waals surface area contributed by atoms with Crippen LogP contribution >= 0.6 is 11.6 Å². The van der Waals surface area contributed by atoms with Gasteiger partial charge in [-0.2, -0.15) is 4.31 Å². The van der Waals surface area contributed by atoms with Crippen molar-refractivity contribution in [2.75, 3.05) is 33.4 Å². The number of carbonyl (C=O) groups is 2. The predicted molar refractivity (Wildman–Crippen MR) is 187 cm³/mol. The van der Waals surface area contributed by atoms with Crippen molar-refractivity contribution < 1.29 is 31.9 Å². The lowest BCUT2D eigenvalue weighted by Gasteiger charge is -2.41. The van der Waals surface area contributed by atoms with Crippen molar-refractivity contribution in [3.8, 4) is 0 Å². The number of hydrogen-bond donors (Lipinski definition) is 2. The number of methoxy groups -OCH3 is 1. The number of amides is 1. The van der Waals surface area contributed by atoms with E-state index >= 15 is 4.39 Å². The first-order valence-corrected chi connectivity index (χ1v) is 18.7. The lowest BCUT2D eigenvalue weighted by molar-refractivity contribution is -0.121. The smallest absolute Gasteiger partial charge is 0.407 e. The molecule has 0 bridgehead atoms. The van der Waals surface area contributed by atoms with Crippen LogP contribution in [0.5, 0.6) is 0 Å². The van der Waals surface area contributed by atoms with Crippen LogP contribution in [-0.2, 0) is 37.1 Å². The van der Waals surface area contributed by atoms with E-state index in [2.05, 4.69) is 10.6 Å². The molecule has 2 aliphatic heterocycles. The summed E-state index contributed by atoms with van der Waals surface area (Å²) in [5.74, 6) is -1.13. The van der Waals surface area contributed by atoms with E-state index in [0.29, 0.717) is 68.1 Å². The highest BCUT2D eigenvalue weighted by Crippen LogP contribution is 2.37. The van der Waals surface area contributed by atoms with Crippen LogP contribution in [0.3, 0.4) is 0 Å². The van der Waals surface area contributed by atoms with Crippen LogP contribution in [0, 0.1) is 11.7 Å². The molecule has 9 nitrogen and oxygen atoms in total. The first kappa shape index (κ1) is 36.9. The Labute approximate surface area is 293 Å². The molecule has 0 aromatic heterocycles. The van der Waals surface area contributed by atoms with E-state index in [1.54, 1.807) is 58.9 Å². The van der Waals surface area contributed by atoms with E-state index in [4.69, 9.17) is 21.1 Å². The fourth-order valence-electron chi connectivity index (χ4n) is 7.27. The molecule has 2 N–H and O–H groups in total. The minimum atomic E-state index is -3.81. The third kappa shape index (κ3) is 8.88. The Morgan fingerprint density at radius 2 is 1.71 bits per heavy atom. The number of ketones is 1. The van der Waals surface area contributed by atoms with Crippen LogP contribution in [0.4, 0.5) is 9.18 Å². The molecule has 49 heavy (non-hydrogen) atoms. The molecule has 2 aliphatic rings. The summed E-state index contributed by atoms with van der Waals surface area (Å²) >= 11 is 6.21. The number of halogens is 2. The molecular weight excluding hydrogens is 669 g/mol. The standard InChI is InChI=1S/C37H45ClFN3O6S/c1-3-29-23-40-24-30(42(29)49(45,46)31-9-5-4-6-10-31)16-17-32-27(8-7-11-33(32)39)22-34(43)36(41-37(44)47-2)35(26-18-20-48-21-19-26)25-12-14-28(38)15-13-25/h4-15,26,29-30,35-36,40H,3,16-24H2,1-2H3,(H,41,44)/t29-,30+,35+,36-/m1/s1. The number of Topliss-reactive ketones (excluding diaryl/α,β-unsaturated/α-hetero) is 1. The molecule has 0 aliphatic carbocycles. The maximum Gasteiger partial charge on any atom is 0.407 e. The average Bonchev–Trinajstić information content (AvgIpc) is 3.12. The summed E-state index contributed by atoms with van der Waals surface area (Å²) in [6.45, 7) is 3.97. The third-order valence-corrected chi connectivity index (χ3v) is 12.0. The number of benzene rings is 3. The van der Waals surface area contributed by atoms with Gasteiger partial charge in [-0.15, -0.1) is 0 Å². The number of hydrogen-bond acceptors (Lipinski definition) is 7. The van der Waals surface area contributed by atoms with E-state index in [1.807, 2.05) is 19.1 Å². The number of nitrogens with one attached hydrogen (secondary N) is 2. The molecule has 2 heterocycles. The molecule has 4 atom stereocenters. The van der Waals surface area contributed by atoms with Crippen molar-refractivity contribution in [2.24, 2.45) is 5.92 Å². The molecule has 0 unspecified atom stereocenters. The zero-order valence-electron chi connectivity index (χ0n) is 27.9. The van der Waals surface area contributed by atoms with Gasteiger partial charge in [-0.3, -0.25) is 4.79 Å². The van der Waals surface area contributed by atoms with Crippen molar-refractivity contribution in [3.05, 3.63) is 100 Å². The summed E-state index contributed by atoms with van der Waals surface area (Å²) in [6.07, 6.45) is 1.70. The Bertz CT molecular complexity index is 1670. The van der Waals surface area contributed by atoms with Crippen LogP contribution in [0.1, 0.15) is 55.2 Å². The van der Waals surface area contributed by atoms with Crippen molar-refractivity contribution in [3.63, 3.8) is 0 Å². The predicted octanol–water partition coefficient (Wildman–Crippen LogP) is 5.90. The highest BCUT2D eigenvalue weighted by Gasteiger charge is 2.40. The molecule has 2 saturated heterocycles. The lowest BCUT2D eigenvalue weighted by atomic mass is 9.74. The summed E-state index contributed by atoms with van der Waals surface area (Å²) < 4.78 is 55.6. The molecule has 5 rings (SSSR count). The molecule has 0 saturated carbocycles. The van der Waals surface area contributed by atoms with Gasteiger partial charge in [0.05, 0.1) is 18.0 Å². The largest absolute Gasteiger partial charge is 0.453 e. The van der Waals surface area contributed by atoms with Crippen LogP contribution < -0.4 is 10.6 Å². The van der Waals surface area contributed by atoms with E-state index < -0.39 is 39.9 Å². The van der Waals surface area contributed by atoms with E-state index in [9.17, 15) is 18.0 Å². The Balaban J connectivity index is 1.43. The second-order valence-corrected chi connectivity index (χ2v) is 15.0. The van der Waals surface area contributed by atoms with Gasteiger partial charge < -0.3 is 20.1 Å². The number of rotatable bonds is 13. The van der Waals surface area contributed by atoms with Crippen LogP contribution in [0.15, 0.2) is 77.7 Å². The topological polar surface area (TPSA) is 114 Å². The Kier molecular flexibility index (Phi) is 12.8. The maximum absolute atomic E-state index is 15.6. The summed E-state index contributed by atoms with van der Waals surface area (Å²) in [4.78, 5) is 27.2. The highest BCUT2D eigenvalue weighted by atomic mass is 35.5. The molecule has 264 valence electrons. The van der Waals surface area contributed by atoms with E-state index in [1.165, 1.54) is 13.2 Å². The lowest BCUT2D eigenvalue weighted by Crippen LogP contribution is -2.59. The SMILES string of the molecule is CC[C@@H]1CNC[C@H](CCc2c(F)cccc2CC(=O)[C@@H](NC(=O)OC)[C@@H](c2ccc(Cl)cc2)C2CCOCC2)N1S(=O)(=O)c1ccccc1. The second kappa shape index (κ2) is 17.0. The van der Waals surface area contributed by atoms with Gasteiger partial charge in [-0.05, 0) is 85.0 Å². The van der Waals surface area contributed by atoms with Gasteiger partial charge in [0.1, 0.15) is 5.82 Å². The fourth-order valence-corrected chi connectivity index (χ4v) is 9.32. The van der Waals surface area contributed by atoms with E-state index in [-0.39, 0.29) is 35.5 Å². The van der Waals surface area contributed by atoms with Crippen molar-refractivity contribution in [2.45, 2.75) is 74.4 Å². The Hall–Kier alpha value is -3.35. The number of sulfonamides is 1. The molecule has 0 spiro atoms. The minimum Gasteiger partial charge on any atom is -0.453 e. The Morgan fingerprint density at radius 3 is 2.39 bits per heavy atom. The molecule has 3 aromatic rings. The molecule has 1 amide bonds. The summed E-state index contributed by atoms with van der Waals surface area (Å²) in [5.41, 5.74) is 1.70. The number of ether oxygens (including phenoxy) is 2. The summed E-state index contributed by atoms with van der Waals surface area (Å²) in [5, 5.41) is 6.72. The van der Waals surface area contributed by atoms with Crippen LogP contribution in [0.2, 0.25) is 5.02 Å². The molecule has 12 heteroatoms. The van der Waals surface area contributed by atoms with Gasteiger partial charge in [0.2, 0.25) is 10.0 Å². The van der Waals surface area contributed by atoms with Gasteiger partial charge in [0.25, 0.3) is 0 Å². The first-order valence-electron chi connectivity index (χ1n) is 16.9.